The van der Waals surface area contributed by atoms with E-state index in [0.717, 1.165) is 30.8 Å². The molecule has 1 fully saturated rings. The number of aromatic nitrogens is 1. The van der Waals surface area contributed by atoms with Crippen LogP contribution in [0.25, 0.3) is 10.9 Å². The molecule has 1 aromatic heterocycles. The molecule has 1 amide bonds. The van der Waals surface area contributed by atoms with E-state index in [-0.39, 0.29) is 16.9 Å². The molecule has 0 atom stereocenters. The number of anilines is 1. The van der Waals surface area contributed by atoms with Crippen molar-refractivity contribution in [2.45, 2.75) is 31.4 Å². The molecule has 5 rings (SSSR count). The topological polar surface area (TPSA) is 91.8 Å². The molecule has 202 valence electrons. The van der Waals surface area contributed by atoms with Crippen molar-refractivity contribution in [3.05, 3.63) is 96.2 Å². The maximum Gasteiger partial charge on any atom is 0.264 e. The molecule has 0 spiro atoms. The Morgan fingerprint density at radius 3 is 2.41 bits per heavy atom. The van der Waals surface area contributed by atoms with Crippen molar-refractivity contribution in [2.24, 2.45) is 0 Å². The predicted molar refractivity (Wildman–Crippen MR) is 152 cm³/mol. The molecule has 0 radical (unpaired) electrons. The predicted octanol–water partition coefficient (Wildman–Crippen LogP) is 4.78. The summed E-state index contributed by atoms with van der Waals surface area (Å²) in [7, 11) is -3.86. The van der Waals surface area contributed by atoms with Crippen LogP contribution in [-0.4, -0.2) is 61.4 Å². The summed E-state index contributed by atoms with van der Waals surface area (Å²) in [6, 6.07) is 23.3. The molecule has 0 aliphatic carbocycles. The van der Waals surface area contributed by atoms with Crippen molar-refractivity contribution < 1.29 is 17.9 Å². The summed E-state index contributed by atoms with van der Waals surface area (Å²) in [5, 5.41) is 0.745. The SMILES string of the molecule is CC(C)Oc1cccc(CN2CCN(C(=O)c3ccc(NS(=O)(=O)c4cccc5cccnc45)cc3)CC2)c1. The largest absolute Gasteiger partial charge is 0.491 e. The van der Waals surface area contributed by atoms with E-state index in [4.69, 9.17) is 4.74 Å². The lowest BCUT2D eigenvalue weighted by molar-refractivity contribution is 0.0628. The summed E-state index contributed by atoms with van der Waals surface area (Å²) in [5.74, 6) is 0.811. The molecular formula is C30H32N4O4S. The molecule has 0 bridgehead atoms. The number of carbonyl (C=O) groups is 1. The molecule has 4 aromatic rings. The third-order valence-corrected chi connectivity index (χ3v) is 8.02. The van der Waals surface area contributed by atoms with Gasteiger partial charge in [-0.2, -0.15) is 0 Å². The van der Waals surface area contributed by atoms with Crippen LogP contribution in [0.5, 0.6) is 5.75 Å². The number of amides is 1. The highest BCUT2D eigenvalue weighted by Crippen LogP contribution is 2.24. The van der Waals surface area contributed by atoms with E-state index in [1.54, 1.807) is 42.6 Å². The van der Waals surface area contributed by atoms with Crippen LogP contribution in [0.1, 0.15) is 29.8 Å². The number of nitrogens with one attached hydrogen (secondary N) is 1. The van der Waals surface area contributed by atoms with Crippen LogP contribution in [0.15, 0.2) is 90.0 Å². The van der Waals surface area contributed by atoms with Gasteiger partial charge in [-0.1, -0.05) is 30.3 Å². The second kappa shape index (κ2) is 11.4. The Hall–Kier alpha value is -3.95. The van der Waals surface area contributed by atoms with E-state index in [2.05, 4.69) is 26.7 Å². The van der Waals surface area contributed by atoms with Gasteiger partial charge >= 0.3 is 0 Å². The van der Waals surface area contributed by atoms with Crippen LogP contribution in [-0.2, 0) is 16.6 Å². The van der Waals surface area contributed by atoms with Gasteiger partial charge in [0.15, 0.2) is 0 Å². The van der Waals surface area contributed by atoms with Crippen LogP contribution in [0.2, 0.25) is 0 Å². The van der Waals surface area contributed by atoms with Crippen molar-refractivity contribution in [1.82, 2.24) is 14.8 Å². The highest BCUT2D eigenvalue weighted by molar-refractivity contribution is 7.93. The number of sulfonamides is 1. The summed E-state index contributed by atoms with van der Waals surface area (Å²) >= 11 is 0. The number of ether oxygens (including phenoxy) is 1. The van der Waals surface area contributed by atoms with Crippen molar-refractivity contribution in [2.75, 3.05) is 30.9 Å². The lowest BCUT2D eigenvalue weighted by Gasteiger charge is -2.35. The molecule has 0 saturated carbocycles. The molecule has 0 unspecified atom stereocenters. The maximum atomic E-state index is 13.1. The Balaban J connectivity index is 1.18. The Morgan fingerprint density at radius 1 is 0.949 bits per heavy atom. The van der Waals surface area contributed by atoms with Gasteiger partial charge in [0.1, 0.15) is 10.6 Å². The van der Waals surface area contributed by atoms with E-state index >= 15 is 0 Å². The number of piperazine rings is 1. The van der Waals surface area contributed by atoms with Crippen molar-refractivity contribution in [3.63, 3.8) is 0 Å². The monoisotopic (exact) mass is 544 g/mol. The van der Waals surface area contributed by atoms with E-state index < -0.39 is 10.0 Å². The molecular weight excluding hydrogens is 512 g/mol. The van der Waals surface area contributed by atoms with Gasteiger partial charge in [0.05, 0.1) is 11.6 Å². The molecule has 1 aliphatic rings. The van der Waals surface area contributed by atoms with Crippen molar-refractivity contribution >= 4 is 32.5 Å². The number of carbonyl (C=O) groups excluding carboxylic acids is 1. The highest BCUT2D eigenvalue weighted by Gasteiger charge is 2.23. The molecule has 3 aromatic carbocycles. The molecule has 8 nitrogen and oxygen atoms in total. The van der Waals surface area contributed by atoms with Crippen LogP contribution in [0.3, 0.4) is 0 Å². The first-order valence-electron chi connectivity index (χ1n) is 13.0. The number of para-hydroxylation sites is 1. The molecule has 9 heteroatoms. The number of hydrogen-bond donors (Lipinski definition) is 1. The summed E-state index contributed by atoms with van der Waals surface area (Å²) in [6.07, 6.45) is 1.70. The summed E-state index contributed by atoms with van der Waals surface area (Å²) < 4.78 is 34.6. The molecule has 2 heterocycles. The van der Waals surface area contributed by atoms with Gasteiger partial charge in [-0.3, -0.25) is 19.4 Å². The molecule has 1 aliphatic heterocycles. The zero-order valence-corrected chi connectivity index (χ0v) is 22.9. The first kappa shape index (κ1) is 26.6. The van der Waals surface area contributed by atoms with E-state index in [0.29, 0.717) is 29.9 Å². The molecule has 1 N–H and O–H groups in total. The van der Waals surface area contributed by atoms with Gasteiger partial charge in [0, 0.05) is 55.6 Å². The average Bonchev–Trinajstić information content (AvgIpc) is 2.93. The van der Waals surface area contributed by atoms with Gasteiger partial charge in [-0.25, -0.2) is 8.42 Å². The minimum atomic E-state index is -3.86. The van der Waals surface area contributed by atoms with Gasteiger partial charge in [0.25, 0.3) is 15.9 Å². The zero-order valence-electron chi connectivity index (χ0n) is 22.1. The third kappa shape index (κ3) is 6.38. The summed E-state index contributed by atoms with van der Waals surface area (Å²) in [6.45, 7) is 7.64. The Kier molecular flexibility index (Phi) is 7.81. The number of rotatable bonds is 8. The highest BCUT2D eigenvalue weighted by atomic mass is 32.2. The van der Waals surface area contributed by atoms with Crippen LogP contribution in [0, 0.1) is 0 Å². The Bertz CT molecular complexity index is 1560. The fraction of sp³-hybridized carbons (Fsp3) is 0.267. The lowest BCUT2D eigenvalue weighted by Crippen LogP contribution is -2.48. The fourth-order valence-corrected chi connectivity index (χ4v) is 5.96. The maximum absolute atomic E-state index is 13.1. The van der Waals surface area contributed by atoms with Crippen LogP contribution < -0.4 is 9.46 Å². The number of benzene rings is 3. The second-order valence-corrected chi connectivity index (χ2v) is 11.5. The van der Waals surface area contributed by atoms with E-state index in [1.165, 1.54) is 11.6 Å². The first-order valence-corrected chi connectivity index (χ1v) is 14.5. The van der Waals surface area contributed by atoms with Gasteiger partial charge in [-0.15, -0.1) is 0 Å². The zero-order chi connectivity index (χ0) is 27.4. The van der Waals surface area contributed by atoms with Crippen LogP contribution in [0.4, 0.5) is 5.69 Å². The van der Waals surface area contributed by atoms with E-state index in [1.807, 2.05) is 43.0 Å². The number of hydrogen-bond acceptors (Lipinski definition) is 6. The summed E-state index contributed by atoms with van der Waals surface area (Å²) in [5.41, 5.74) is 2.50. The quantitative estimate of drug-likeness (QED) is 0.343. The smallest absolute Gasteiger partial charge is 0.264 e. The van der Waals surface area contributed by atoms with Gasteiger partial charge in [0.2, 0.25) is 0 Å². The second-order valence-electron chi connectivity index (χ2n) is 9.90. The first-order chi connectivity index (χ1) is 18.8. The van der Waals surface area contributed by atoms with Gasteiger partial charge < -0.3 is 9.64 Å². The lowest BCUT2D eigenvalue weighted by atomic mass is 10.1. The third-order valence-electron chi connectivity index (χ3n) is 6.61. The van der Waals surface area contributed by atoms with Crippen molar-refractivity contribution in [3.8, 4) is 5.75 Å². The standard InChI is InChI=1S/C30H32N4O4S/c1-22(2)38-27-9-3-6-23(20-27)21-33-16-18-34(19-17-33)30(35)25-11-13-26(14-12-25)32-39(36,37)28-10-4-7-24-8-5-15-31-29(24)28/h3-15,20,22,32H,16-19,21H2,1-2H3. The van der Waals surface area contributed by atoms with Crippen molar-refractivity contribution in [1.29, 1.82) is 0 Å². The normalized spacial score (nSPS) is 14.5. The fourth-order valence-electron chi connectivity index (χ4n) is 4.72. The number of nitrogens with zero attached hydrogens (tertiary/aromatic N) is 3. The number of fused-ring (bicyclic) bond motifs is 1. The Labute approximate surface area is 229 Å². The minimum Gasteiger partial charge on any atom is -0.491 e. The minimum absolute atomic E-state index is 0.0605. The van der Waals surface area contributed by atoms with Gasteiger partial charge in [-0.05, 0) is 67.9 Å². The summed E-state index contributed by atoms with van der Waals surface area (Å²) in [4.78, 5) is 21.6. The Morgan fingerprint density at radius 2 is 1.67 bits per heavy atom. The molecule has 1 saturated heterocycles. The van der Waals surface area contributed by atoms with E-state index in [9.17, 15) is 13.2 Å². The average molecular weight is 545 g/mol. The van der Waals surface area contributed by atoms with Crippen LogP contribution >= 0.6 is 0 Å². The molecule has 39 heavy (non-hydrogen) atoms. The number of pyridine rings is 1.